The minimum Gasteiger partial charge on any atom is -0.336 e. The Bertz CT molecular complexity index is 1080. The lowest BCUT2D eigenvalue weighted by molar-refractivity contribution is -0.121. The first-order valence-corrected chi connectivity index (χ1v) is 9.26. The second-order valence-electron chi connectivity index (χ2n) is 6.89. The van der Waals surface area contributed by atoms with Crippen LogP contribution in [0.15, 0.2) is 59.4 Å². The van der Waals surface area contributed by atoms with Crippen molar-refractivity contribution in [1.29, 1.82) is 0 Å². The number of aromatic amines is 1. The highest BCUT2D eigenvalue weighted by molar-refractivity contribution is 6.05. The first-order valence-electron chi connectivity index (χ1n) is 9.26. The van der Waals surface area contributed by atoms with Gasteiger partial charge in [0.05, 0.1) is 11.3 Å². The molecule has 0 aliphatic carbocycles. The molecule has 0 saturated carbocycles. The largest absolute Gasteiger partial charge is 0.336 e. The lowest BCUT2D eigenvalue weighted by Gasteiger charge is -2.32. The van der Waals surface area contributed by atoms with Crippen molar-refractivity contribution in [1.82, 2.24) is 15.1 Å². The van der Waals surface area contributed by atoms with E-state index in [1.165, 1.54) is 0 Å². The molecule has 1 aliphatic rings. The molecule has 4 rings (SSSR count). The summed E-state index contributed by atoms with van der Waals surface area (Å²) in [5.41, 5.74) is 0.620. The molecule has 7 heteroatoms. The predicted molar refractivity (Wildman–Crippen MR) is 106 cm³/mol. The van der Waals surface area contributed by atoms with Gasteiger partial charge in [-0.25, -0.2) is 5.10 Å². The second-order valence-corrected chi connectivity index (χ2v) is 6.89. The number of rotatable bonds is 3. The molecule has 2 aromatic carbocycles. The summed E-state index contributed by atoms with van der Waals surface area (Å²) in [7, 11) is 0. The highest BCUT2D eigenvalue weighted by Crippen LogP contribution is 2.22. The number of aromatic nitrogens is 2. The molecular weight excluding hydrogens is 356 g/mol. The molecule has 1 aromatic heterocycles. The number of anilines is 1. The third-order valence-corrected chi connectivity index (χ3v) is 5.02. The van der Waals surface area contributed by atoms with Crippen LogP contribution >= 0.6 is 0 Å². The van der Waals surface area contributed by atoms with Crippen molar-refractivity contribution in [3.8, 4) is 0 Å². The number of benzene rings is 2. The Morgan fingerprint density at radius 1 is 1.04 bits per heavy atom. The minimum absolute atomic E-state index is 0.0945. The maximum atomic E-state index is 13.1. The predicted octanol–water partition coefficient (Wildman–Crippen LogP) is 2.41. The Morgan fingerprint density at radius 2 is 1.75 bits per heavy atom. The van der Waals surface area contributed by atoms with E-state index in [4.69, 9.17) is 0 Å². The minimum atomic E-state index is -0.328. The normalized spacial score (nSPS) is 16.7. The molecule has 28 heavy (non-hydrogen) atoms. The van der Waals surface area contributed by atoms with Crippen LogP contribution in [-0.4, -0.2) is 40.0 Å². The molecule has 1 saturated heterocycles. The molecule has 3 aromatic rings. The molecule has 1 aliphatic heterocycles. The van der Waals surface area contributed by atoms with Gasteiger partial charge in [-0.3, -0.25) is 14.4 Å². The van der Waals surface area contributed by atoms with Crippen molar-refractivity contribution in [2.75, 3.05) is 18.4 Å². The summed E-state index contributed by atoms with van der Waals surface area (Å²) < 4.78 is 0. The molecule has 2 N–H and O–H groups in total. The fraction of sp³-hybridized carbons (Fsp3) is 0.238. The Kier molecular flexibility index (Phi) is 4.89. The van der Waals surface area contributed by atoms with Crippen LogP contribution in [0.4, 0.5) is 5.69 Å². The van der Waals surface area contributed by atoms with Crippen LogP contribution < -0.4 is 10.9 Å². The quantitative estimate of drug-likeness (QED) is 0.734. The summed E-state index contributed by atoms with van der Waals surface area (Å²) in [6, 6.07) is 16.2. The fourth-order valence-corrected chi connectivity index (χ4v) is 3.57. The number of H-pyrrole nitrogens is 1. The van der Waals surface area contributed by atoms with Gasteiger partial charge >= 0.3 is 0 Å². The van der Waals surface area contributed by atoms with E-state index in [1.807, 2.05) is 30.3 Å². The average Bonchev–Trinajstić information content (AvgIpc) is 2.74. The smallest absolute Gasteiger partial charge is 0.274 e. The molecule has 0 radical (unpaired) electrons. The highest BCUT2D eigenvalue weighted by atomic mass is 16.2. The number of carbonyl (C=O) groups is 2. The number of para-hydroxylation sites is 1. The number of likely N-dealkylation sites (tertiary alicyclic amines) is 1. The van der Waals surface area contributed by atoms with E-state index < -0.39 is 0 Å². The van der Waals surface area contributed by atoms with Crippen LogP contribution in [0.2, 0.25) is 0 Å². The van der Waals surface area contributed by atoms with Crippen LogP contribution in [-0.2, 0) is 4.79 Å². The van der Waals surface area contributed by atoms with E-state index in [2.05, 4.69) is 15.5 Å². The van der Waals surface area contributed by atoms with E-state index in [0.29, 0.717) is 23.9 Å². The molecule has 1 atom stereocenters. The fourth-order valence-electron chi connectivity index (χ4n) is 3.57. The highest BCUT2D eigenvalue weighted by Gasteiger charge is 2.30. The first-order chi connectivity index (χ1) is 13.6. The maximum absolute atomic E-state index is 13.1. The Morgan fingerprint density at radius 3 is 2.54 bits per heavy atom. The van der Waals surface area contributed by atoms with Crippen molar-refractivity contribution in [2.45, 2.75) is 12.8 Å². The first kappa shape index (κ1) is 17.9. The summed E-state index contributed by atoms with van der Waals surface area (Å²) >= 11 is 0. The average molecular weight is 376 g/mol. The number of nitrogens with one attached hydrogen (secondary N) is 2. The van der Waals surface area contributed by atoms with Gasteiger partial charge in [-0.15, -0.1) is 0 Å². The topological polar surface area (TPSA) is 95.2 Å². The van der Waals surface area contributed by atoms with E-state index in [-0.39, 0.29) is 29.0 Å². The SMILES string of the molecule is O=C(Nc1ccccc1)[C@H]1CCCN(C(=O)c2n[nH]c(=O)c3ccccc23)C1. The van der Waals surface area contributed by atoms with Crippen LogP contribution in [0.25, 0.3) is 10.8 Å². The number of amides is 2. The summed E-state index contributed by atoms with van der Waals surface area (Å²) in [6.07, 6.45) is 1.46. The van der Waals surface area contributed by atoms with Gasteiger partial charge in [0.25, 0.3) is 11.5 Å². The number of piperidine rings is 1. The van der Waals surface area contributed by atoms with Crippen molar-refractivity contribution in [2.24, 2.45) is 5.92 Å². The summed E-state index contributed by atoms with van der Waals surface area (Å²) in [5, 5.41) is 10.2. The van der Waals surface area contributed by atoms with E-state index in [0.717, 1.165) is 18.5 Å². The molecule has 1 fully saturated rings. The van der Waals surface area contributed by atoms with Crippen molar-refractivity contribution >= 4 is 28.3 Å². The monoisotopic (exact) mass is 376 g/mol. The van der Waals surface area contributed by atoms with Gasteiger partial charge in [0.15, 0.2) is 5.69 Å². The summed E-state index contributed by atoms with van der Waals surface area (Å²) in [4.78, 5) is 39.3. The van der Waals surface area contributed by atoms with Crippen LogP contribution in [0, 0.1) is 5.92 Å². The van der Waals surface area contributed by atoms with Crippen LogP contribution in [0.5, 0.6) is 0 Å². The van der Waals surface area contributed by atoms with Crippen molar-refractivity contribution in [3.05, 3.63) is 70.6 Å². The number of fused-ring (bicyclic) bond motifs is 1. The summed E-state index contributed by atoms with van der Waals surface area (Å²) in [5.74, 6) is -0.653. The Balaban J connectivity index is 1.53. The Labute approximate surface area is 161 Å². The number of hydrogen-bond acceptors (Lipinski definition) is 4. The molecule has 142 valence electrons. The lowest BCUT2D eigenvalue weighted by Crippen LogP contribution is -2.44. The number of hydrogen-bond donors (Lipinski definition) is 2. The van der Waals surface area contributed by atoms with Crippen molar-refractivity contribution < 1.29 is 9.59 Å². The second kappa shape index (κ2) is 7.64. The van der Waals surface area contributed by atoms with Crippen LogP contribution in [0.1, 0.15) is 23.3 Å². The zero-order chi connectivity index (χ0) is 19.5. The van der Waals surface area contributed by atoms with Gasteiger partial charge in [0.2, 0.25) is 5.91 Å². The van der Waals surface area contributed by atoms with E-state index in [1.54, 1.807) is 29.2 Å². The zero-order valence-electron chi connectivity index (χ0n) is 15.2. The number of nitrogens with zero attached hydrogens (tertiary/aromatic N) is 2. The van der Waals surface area contributed by atoms with Gasteiger partial charge in [0, 0.05) is 24.2 Å². The molecule has 2 heterocycles. The zero-order valence-corrected chi connectivity index (χ0v) is 15.2. The van der Waals surface area contributed by atoms with Gasteiger partial charge in [-0.2, -0.15) is 5.10 Å². The van der Waals surface area contributed by atoms with Gasteiger partial charge in [-0.1, -0.05) is 36.4 Å². The molecule has 0 bridgehead atoms. The molecule has 0 unspecified atom stereocenters. The lowest BCUT2D eigenvalue weighted by atomic mass is 9.96. The third-order valence-electron chi connectivity index (χ3n) is 5.02. The third kappa shape index (κ3) is 3.51. The van der Waals surface area contributed by atoms with E-state index >= 15 is 0 Å². The van der Waals surface area contributed by atoms with Crippen LogP contribution in [0.3, 0.4) is 0 Å². The number of carbonyl (C=O) groups excluding carboxylic acids is 2. The molecule has 7 nitrogen and oxygen atoms in total. The van der Waals surface area contributed by atoms with Crippen molar-refractivity contribution in [3.63, 3.8) is 0 Å². The van der Waals surface area contributed by atoms with Gasteiger partial charge in [0.1, 0.15) is 0 Å². The summed E-state index contributed by atoms with van der Waals surface area (Å²) in [6.45, 7) is 0.885. The standard InChI is InChI=1S/C21H20N4O3/c26-19(22-15-8-2-1-3-9-15)14-7-6-12-25(13-14)21(28)18-16-10-4-5-11-17(16)20(27)24-23-18/h1-5,8-11,14H,6-7,12-13H2,(H,22,26)(H,24,27)/t14-/m0/s1. The van der Waals surface area contributed by atoms with Gasteiger partial charge in [-0.05, 0) is 31.0 Å². The maximum Gasteiger partial charge on any atom is 0.274 e. The molecule has 0 spiro atoms. The van der Waals surface area contributed by atoms with E-state index in [9.17, 15) is 14.4 Å². The Hall–Kier alpha value is -3.48. The molecule has 2 amide bonds. The van der Waals surface area contributed by atoms with Gasteiger partial charge < -0.3 is 10.2 Å². The molecular formula is C21H20N4O3.